The minimum Gasteiger partial charge on any atom is -0.454 e. The largest absolute Gasteiger partial charge is 0.454 e. The van der Waals surface area contributed by atoms with Crippen LogP contribution in [-0.2, 0) is 6.54 Å². The van der Waals surface area contributed by atoms with Crippen molar-refractivity contribution < 1.29 is 19.7 Å². The molecule has 2 N–H and O–H groups in total. The number of hydrogen-bond acceptors (Lipinski definition) is 6. The predicted octanol–water partition coefficient (Wildman–Crippen LogP) is -0.114. The molecule has 1 aromatic carbocycles. The van der Waals surface area contributed by atoms with Gasteiger partial charge in [-0.05, 0) is 17.7 Å². The maximum atomic E-state index is 9.47. The Kier molecular flexibility index (Phi) is 4.60. The molecule has 0 amide bonds. The fraction of sp³-hybridized carbons (Fsp3) is 0.600. The van der Waals surface area contributed by atoms with Crippen molar-refractivity contribution >= 4 is 0 Å². The van der Waals surface area contributed by atoms with Gasteiger partial charge in [0.15, 0.2) is 11.5 Å². The van der Waals surface area contributed by atoms with E-state index >= 15 is 0 Å². The molecule has 2 heterocycles. The molecule has 1 saturated heterocycles. The van der Waals surface area contributed by atoms with Crippen molar-refractivity contribution in [3.63, 3.8) is 0 Å². The molecule has 0 aromatic heterocycles. The highest BCUT2D eigenvalue weighted by Crippen LogP contribution is 2.32. The second kappa shape index (κ2) is 6.62. The summed E-state index contributed by atoms with van der Waals surface area (Å²) in [5, 5.41) is 18.3. The van der Waals surface area contributed by atoms with Crippen LogP contribution in [0.1, 0.15) is 5.56 Å². The first-order valence-corrected chi connectivity index (χ1v) is 7.37. The van der Waals surface area contributed by atoms with Gasteiger partial charge in [-0.1, -0.05) is 6.07 Å². The Morgan fingerprint density at radius 1 is 1.05 bits per heavy atom. The zero-order valence-electron chi connectivity index (χ0n) is 12.1. The molecule has 1 fully saturated rings. The van der Waals surface area contributed by atoms with Crippen molar-refractivity contribution in [2.24, 2.45) is 0 Å². The molecule has 0 saturated carbocycles. The van der Waals surface area contributed by atoms with Crippen LogP contribution >= 0.6 is 0 Å². The summed E-state index contributed by atoms with van der Waals surface area (Å²) >= 11 is 0. The minimum atomic E-state index is -0.634. The lowest BCUT2D eigenvalue weighted by atomic mass is 10.1. The summed E-state index contributed by atoms with van der Waals surface area (Å²) < 4.78 is 10.7. The summed E-state index contributed by atoms with van der Waals surface area (Å²) in [5.41, 5.74) is 1.23. The molecule has 6 heteroatoms. The van der Waals surface area contributed by atoms with E-state index in [1.165, 1.54) is 5.56 Å². The molecule has 0 aliphatic carbocycles. The van der Waals surface area contributed by atoms with E-state index in [1.54, 1.807) is 0 Å². The number of benzene rings is 1. The molecule has 2 aliphatic rings. The Morgan fingerprint density at radius 2 is 1.76 bits per heavy atom. The quantitative estimate of drug-likeness (QED) is 0.790. The molecule has 0 spiro atoms. The number of fused-ring (bicyclic) bond motifs is 1. The Morgan fingerprint density at radius 3 is 2.52 bits per heavy atom. The van der Waals surface area contributed by atoms with Crippen molar-refractivity contribution in [3.05, 3.63) is 23.8 Å². The molecular formula is C15H22N2O4. The van der Waals surface area contributed by atoms with E-state index in [2.05, 4.69) is 15.9 Å². The van der Waals surface area contributed by atoms with Crippen molar-refractivity contribution in [2.45, 2.75) is 12.6 Å². The van der Waals surface area contributed by atoms with Crippen molar-refractivity contribution in [3.8, 4) is 11.5 Å². The van der Waals surface area contributed by atoms with Gasteiger partial charge in [0, 0.05) is 39.3 Å². The van der Waals surface area contributed by atoms with Crippen LogP contribution in [0.25, 0.3) is 0 Å². The molecule has 0 bridgehead atoms. The van der Waals surface area contributed by atoms with Crippen LogP contribution in [0.15, 0.2) is 18.2 Å². The van der Waals surface area contributed by atoms with Crippen molar-refractivity contribution in [2.75, 3.05) is 46.1 Å². The highest BCUT2D eigenvalue weighted by atomic mass is 16.7. The Bertz CT molecular complexity index is 475. The van der Waals surface area contributed by atoms with Crippen LogP contribution in [0.4, 0.5) is 0 Å². The van der Waals surface area contributed by atoms with Gasteiger partial charge in [-0.15, -0.1) is 0 Å². The maximum Gasteiger partial charge on any atom is 0.231 e. The normalized spacial score (nSPS) is 20.7. The van der Waals surface area contributed by atoms with Gasteiger partial charge in [-0.3, -0.25) is 9.80 Å². The van der Waals surface area contributed by atoms with Crippen LogP contribution in [0.3, 0.4) is 0 Å². The zero-order valence-corrected chi connectivity index (χ0v) is 12.1. The summed E-state index contributed by atoms with van der Waals surface area (Å²) in [6.45, 7) is 5.35. The molecule has 0 unspecified atom stereocenters. The monoisotopic (exact) mass is 294 g/mol. The molecular weight excluding hydrogens is 272 g/mol. The molecule has 1 aromatic rings. The first kappa shape index (κ1) is 14.6. The van der Waals surface area contributed by atoms with Gasteiger partial charge < -0.3 is 19.7 Å². The van der Waals surface area contributed by atoms with E-state index in [0.717, 1.165) is 44.2 Å². The van der Waals surface area contributed by atoms with Gasteiger partial charge in [0.05, 0.1) is 12.7 Å². The van der Waals surface area contributed by atoms with Crippen molar-refractivity contribution in [1.29, 1.82) is 0 Å². The number of β-amino-alcohol motifs (C(OH)–C–C–N with tert-alkyl or cyclic N) is 1. The zero-order chi connectivity index (χ0) is 14.7. The third kappa shape index (κ3) is 3.65. The standard InChI is InChI=1S/C15H22N2O4/c18-10-13(19)9-17-5-3-16(4-6-17)8-12-1-2-14-15(7-12)21-11-20-14/h1-2,7,13,18-19H,3-6,8-11H2/t13-/m0/s1. The SMILES string of the molecule is OC[C@@H](O)CN1CCN(Cc2ccc3c(c2)OCO3)CC1. The number of nitrogens with zero attached hydrogens (tertiary/aromatic N) is 2. The van der Waals surface area contributed by atoms with E-state index in [4.69, 9.17) is 14.6 Å². The van der Waals surface area contributed by atoms with E-state index < -0.39 is 6.10 Å². The summed E-state index contributed by atoms with van der Waals surface area (Å²) in [5.74, 6) is 1.65. The molecule has 2 aliphatic heterocycles. The minimum absolute atomic E-state index is 0.169. The Balaban J connectivity index is 1.49. The molecule has 1 atom stereocenters. The van der Waals surface area contributed by atoms with E-state index in [-0.39, 0.29) is 6.61 Å². The van der Waals surface area contributed by atoms with E-state index in [1.807, 2.05) is 12.1 Å². The third-order valence-corrected chi connectivity index (χ3v) is 3.99. The molecule has 21 heavy (non-hydrogen) atoms. The number of aliphatic hydroxyl groups excluding tert-OH is 2. The average Bonchev–Trinajstić information content (AvgIpc) is 2.96. The van der Waals surface area contributed by atoms with Gasteiger partial charge in [0.25, 0.3) is 0 Å². The lowest BCUT2D eigenvalue weighted by molar-refractivity contribution is 0.0383. The van der Waals surface area contributed by atoms with Crippen molar-refractivity contribution in [1.82, 2.24) is 9.80 Å². The molecule has 116 valence electrons. The molecule has 6 nitrogen and oxygen atoms in total. The summed E-state index contributed by atoms with van der Waals surface area (Å²) in [6, 6.07) is 6.09. The summed E-state index contributed by atoms with van der Waals surface area (Å²) in [7, 11) is 0. The second-order valence-electron chi connectivity index (χ2n) is 5.60. The Hall–Kier alpha value is -1.34. The first-order chi connectivity index (χ1) is 10.2. The third-order valence-electron chi connectivity index (χ3n) is 3.99. The van der Waals surface area contributed by atoms with Gasteiger partial charge >= 0.3 is 0 Å². The van der Waals surface area contributed by atoms with E-state index in [0.29, 0.717) is 13.3 Å². The Labute approximate surface area is 124 Å². The highest BCUT2D eigenvalue weighted by Gasteiger charge is 2.20. The van der Waals surface area contributed by atoms with Gasteiger partial charge in [0.2, 0.25) is 6.79 Å². The lowest BCUT2D eigenvalue weighted by Gasteiger charge is -2.35. The topological polar surface area (TPSA) is 65.4 Å². The maximum absolute atomic E-state index is 9.47. The fourth-order valence-corrected chi connectivity index (χ4v) is 2.78. The van der Waals surface area contributed by atoms with Crippen LogP contribution in [0.5, 0.6) is 11.5 Å². The number of piperazine rings is 1. The lowest BCUT2D eigenvalue weighted by Crippen LogP contribution is -2.48. The number of rotatable bonds is 5. The molecule has 0 radical (unpaired) electrons. The van der Waals surface area contributed by atoms with Gasteiger partial charge in [0.1, 0.15) is 0 Å². The van der Waals surface area contributed by atoms with Crippen LogP contribution < -0.4 is 9.47 Å². The second-order valence-corrected chi connectivity index (χ2v) is 5.60. The van der Waals surface area contributed by atoms with Gasteiger partial charge in [-0.2, -0.15) is 0 Å². The number of ether oxygens (including phenoxy) is 2. The number of aliphatic hydroxyl groups is 2. The first-order valence-electron chi connectivity index (χ1n) is 7.37. The van der Waals surface area contributed by atoms with E-state index in [9.17, 15) is 5.11 Å². The van der Waals surface area contributed by atoms with Crippen LogP contribution in [0, 0.1) is 0 Å². The van der Waals surface area contributed by atoms with Crippen LogP contribution in [-0.4, -0.2) is 72.2 Å². The average molecular weight is 294 g/mol. The predicted molar refractivity (Wildman–Crippen MR) is 77.4 cm³/mol. The summed E-state index contributed by atoms with van der Waals surface area (Å²) in [6.07, 6.45) is -0.634. The molecule has 3 rings (SSSR count). The summed E-state index contributed by atoms with van der Waals surface area (Å²) in [4.78, 5) is 4.58. The fourth-order valence-electron chi connectivity index (χ4n) is 2.78. The smallest absolute Gasteiger partial charge is 0.231 e. The van der Waals surface area contributed by atoms with Gasteiger partial charge in [-0.25, -0.2) is 0 Å². The highest BCUT2D eigenvalue weighted by molar-refractivity contribution is 5.44. The van der Waals surface area contributed by atoms with Crippen LogP contribution in [0.2, 0.25) is 0 Å². The number of hydrogen-bond donors (Lipinski definition) is 2.